The van der Waals surface area contributed by atoms with Gasteiger partial charge < -0.3 is 15.1 Å². The lowest BCUT2D eigenvalue weighted by Gasteiger charge is -2.32. The summed E-state index contributed by atoms with van der Waals surface area (Å²) in [5.41, 5.74) is 6.02. The summed E-state index contributed by atoms with van der Waals surface area (Å²) in [5, 5.41) is 10.9. The number of aromatic amines is 1. The number of nitrogens with zero attached hydrogens (tertiary/aromatic N) is 3. The standard InChI is InChI=1S/C21H23N5OS/c1-25-8-10-26(11-9-25)21(27)22-13-15-6-7-18(28-15)20-17-12-14-4-2-3-5-16(14)19(17)23-24-20/h2-7H,8-13H2,1H3,(H,22,27)(H,23,24). The van der Waals surface area contributed by atoms with Crippen LogP contribution in [0.25, 0.3) is 21.8 Å². The molecule has 1 aliphatic carbocycles. The number of likely N-dealkylation sites (N-methyl/N-ethyl adjacent to an activating group) is 1. The molecule has 0 spiro atoms. The highest BCUT2D eigenvalue weighted by molar-refractivity contribution is 7.15. The van der Waals surface area contributed by atoms with Crippen LogP contribution in [0.4, 0.5) is 4.79 Å². The summed E-state index contributed by atoms with van der Waals surface area (Å²) in [4.78, 5) is 18.8. The van der Waals surface area contributed by atoms with E-state index in [-0.39, 0.29) is 6.03 Å². The van der Waals surface area contributed by atoms with Crippen molar-refractivity contribution in [3.8, 4) is 21.8 Å². The van der Waals surface area contributed by atoms with Gasteiger partial charge in [-0.15, -0.1) is 11.3 Å². The number of hydrogen-bond acceptors (Lipinski definition) is 4. The molecule has 2 aromatic heterocycles. The van der Waals surface area contributed by atoms with E-state index < -0.39 is 0 Å². The maximum absolute atomic E-state index is 12.4. The number of hydrogen-bond donors (Lipinski definition) is 2. The summed E-state index contributed by atoms with van der Waals surface area (Å²) < 4.78 is 0. The Balaban J connectivity index is 1.26. The maximum atomic E-state index is 12.4. The van der Waals surface area contributed by atoms with Gasteiger partial charge in [0.15, 0.2) is 0 Å². The number of urea groups is 1. The predicted octanol–water partition coefficient (Wildman–Crippen LogP) is 3.17. The van der Waals surface area contributed by atoms with Crippen LogP contribution in [-0.2, 0) is 13.0 Å². The van der Waals surface area contributed by atoms with E-state index in [1.165, 1.54) is 21.6 Å². The fourth-order valence-electron chi connectivity index (χ4n) is 3.95. The number of amides is 2. The zero-order valence-electron chi connectivity index (χ0n) is 15.9. The van der Waals surface area contributed by atoms with Gasteiger partial charge in [-0.2, -0.15) is 5.10 Å². The average molecular weight is 394 g/mol. The third-order valence-corrected chi connectivity index (χ3v) is 6.72. The van der Waals surface area contributed by atoms with Crippen molar-refractivity contribution in [3.63, 3.8) is 0 Å². The minimum Gasteiger partial charge on any atom is -0.333 e. The Morgan fingerprint density at radius 3 is 2.86 bits per heavy atom. The van der Waals surface area contributed by atoms with Gasteiger partial charge in [0.05, 0.1) is 22.8 Å². The van der Waals surface area contributed by atoms with Crippen molar-refractivity contribution < 1.29 is 4.79 Å². The normalized spacial score (nSPS) is 16.1. The molecule has 0 saturated carbocycles. The third-order valence-electron chi connectivity index (χ3n) is 5.62. The van der Waals surface area contributed by atoms with Crippen molar-refractivity contribution >= 4 is 17.4 Å². The number of rotatable bonds is 3. The van der Waals surface area contributed by atoms with Crippen LogP contribution in [0.5, 0.6) is 0 Å². The number of aromatic nitrogens is 2. The van der Waals surface area contributed by atoms with Crippen molar-refractivity contribution in [1.82, 2.24) is 25.3 Å². The molecule has 0 radical (unpaired) electrons. The van der Waals surface area contributed by atoms with E-state index in [1.54, 1.807) is 11.3 Å². The van der Waals surface area contributed by atoms with E-state index in [4.69, 9.17) is 0 Å². The number of carbonyl (C=O) groups is 1. The fraction of sp³-hybridized carbons (Fsp3) is 0.333. The van der Waals surface area contributed by atoms with Gasteiger partial charge in [0, 0.05) is 48.6 Å². The van der Waals surface area contributed by atoms with Crippen LogP contribution in [0.2, 0.25) is 0 Å². The molecule has 7 heteroatoms. The highest BCUT2D eigenvalue weighted by atomic mass is 32.1. The summed E-state index contributed by atoms with van der Waals surface area (Å²) >= 11 is 1.71. The number of thiophene rings is 1. The smallest absolute Gasteiger partial charge is 0.317 e. The molecule has 0 atom stereocenters. The Morgan fingerprint density at radius 1 is 1.18 bits per heavy atom. The number of fused-ring (bicyclic) bond motifs is 3. The molecule has 1 saturated heterocycles. The Bertz CT molecular complexity index is 1020. The molecule has 2 aliphatic rings. The molecule has 0 unspecified atom stereocenters. The van der Waals surface area contributed by atoms with Gasteiger partial charge >= 0.3 is 6.03 Å². The summed E-state index contributed by atoms with van der Waals surface area (Å²) in [6.45, 7) is 4.01. The van der Waals surface area contributed by atoms with Gasteiger partial charge in [-0.05, 0) is 24.7 Å². The largest absolute Gasteiger partial charge is 0.333 e. The molecule has 2 amide bonds. The molecule has 3 aromatic rings. The van der Waals surface area contributed by atoms with Gasteiger partial charge in [0.25, 0.3) is 0 Å². The Morgan fingerprint density at radius 2 is 2.00 bits per heavy atom. The van der Waals surface area contributed by atoms with Crippen LogP contribution in [-0.4, -0.2) is 59.3 Å². The van der Waals surface area contributed by atoms with Gasteiger partial charge in [-0.3, -0.25) is 5.10 Å². The van der Waals surface area contributed by atoms with Gasteiger partial charge in [-0.1, -0.05) is 24.3 Å². The van der Waals surface area contributed by atoms with Crippen LogP contribution < -0.4 is 5.32 Å². The Hall–Kier alpha value is -2.64. The average Bonchev–Trinajstić information content (AvgIpc) is 3.41. The van der Waals surface area contributed by atoms with Crippen molar-refractivity contribution in [2.24, 2.45) is 0 Å². The Labute approximate surface area is 168 Å². The second-order valence-electron chi connectivity index (χ2n) is 7.47. The highest BCUT2D eigenvalue weighted by Crippen LogP contribution is 2.41. The van der Waals surface area contributed by atoms with Gasteiger partial charge in [0.1, 0.15) is 0 Å². The van der Waals surface area contributed by atoms with Gasteiger partial charge in [-0.25, -0.2) is 4.79 Å². The van der Waals surface area contributed by atoms with Crippen LogP contribution in [0.15, 0.2) is 36.4 Å². The molecule has 1 fully saturated rings. The lowest BCUT2D eigenvalue weighted by Crippen LogP contribution is -2.50. The summed E-state index contributed by atoms with van der Waals surface area (Å²) in [6.07, 6.45) is 0.921. The molecular formula is C21H23N5OS. The molecule has 1 aromatic carbocycles. The third kappa shape index (κ3) is 3.10. The summed E-state index contributed by atoms with van der Waals surface area (Å²) in [7, 11) is 2.09. The first-order valence-electron chi connectivity index (χ1n) is 9.65. The summed E-state index contributed by atoms with van der Waals surface area (Å²) in [5.74, 6) is 0. The molecule has 0 bridgehead atoms. The second-order valence-corrected chi connectivity index (χ2v) is 8.64. The van der Waals surface area contributed by atoms with Crippen molar-refractivity contribution in [2.75, 3.05) is 33.2 Å². The minimum absolute atomic E-state index is 0.0286. The molecule has 3 heterocycles. The van der Waals surface area contributed by atoms with Crippen LogP contribution in [0.3, 0.4) is 0 Å². The van der Waals surface area contributed by atoms with Crippen LogP contribution in [0, 0.1) is 0 Å². The highest BCUT2D eigenvalue weighted by Gasteiger charge is 2.25. The molecule has 28 heavy (non-hydrogen) atoms. The molecular weight excluding hydrogens is 370 g/mol. The second kappa shape index (κ2) is 7.07. The topological polar surface area (TPSA) is 64.3 Å². The lowest BCUT2D eigenvalue weighted by atomic mass is 10.1. The summed E-state index contributed by atoms with van der Waals surface area (Å²) in [6, 6.07) is 12.7. The number of H-pyrrole nitrogens is 1. The number of nitrogens with one attached hydrogen (secondary N) is 2. The molecule has 6 nitrogen and oxygen atoms in total. The molecule has 144 valence electrons. The van der Waals surface area contributed by atoms with E-state index in [1.807, 2.05) is 4.90 Å². The quantitative estimate of drug-likeness (QED) is 0.562. The first-order chi connectivity index (χ1) is 13.7. The molecule has 5 rings (SSSR count). The fourth-order valence-corrected chi connectivity index (χ4v) is 4.92. The van der Waals surface area contributed by atoms with E-state index in [2.05, 4.69) is 63.9 Å². The van der Waals surface area contributed by atoms with E-state index >= 15 is 0 Å². The minimum atomic E-state index is 0.0286. The van der Waals surface area contributed by atoms with Crippen molar-refractivity contribution in [1.29, 1.82) is 0 Å². The van der Waals surface area contributed by atoms with E-state index in [9.17, 15) is 4.79 Å². The first-order valence-corrected chi connectivity index (χ1v) is 10.5. The van der Waals surface area contributed by atoms with Crippen LogP contribution >= 0.6 is 11.3 Å². The number of benzene rings is 1. The maximum Gasteiger partial charge on any atom is 0.317 e. The van der Waals surface area contributed by atoms with E-state index in [0.29, 0.717) is 6.54 Å². The Kier molecular flexibility index (Phi) is 4.41. The monoisotopic (exact) mass is 393 g/mol. The molecule has 2 N–H and O–H groups in total. The zero-order valence-corrected chi connectivity index (χ0v) is 16.7. The molecule has 1 aliphatic heterocycles. The first kappa shape index (κ1) is 17.5. The SMILES string of the molecule is CN1CCN(C(=O)NCc2ccc(-c3[nH]nc4c3Cc3ccccc3-4)s2)CC1. The number of piperazine rings is 1. The zero-order chi connectivity index (χ0) is 19.1. The number of carbonyl (C=O) groups excluding carboxylic acids is 1. The van der Waals surface area contributed by atoms with Crippen LogP contribution in [0.1, 0.15) is 16.0 Å². The lowest BCUT2D eigenvalue weighted by molar-refractivity contribution is 0.154. The van der Waals surface area contributed by atoms with Crippen molar-refractivity contribution in [3.05, 3.63) is 52.4 Å². The van der Waals surface area contributed by atoms with Crippen molar-refractivity contribution in [2.45, 2.75) is 13.0 Å². The predicted molar refractivity (Wildman–Crippen MR) is 111 cm³/mol. The van der Waals surface area contributed by atoms with Gasteiger partial charge in [0.2, 0.25) is 0 Å². The van der Waals surface area contributed by atoms with E-state index in [0.717, 1.165) is 48.9 Å².